The molecule has 0 radical (unpaired) electrons. The third-order valence-corrected chi connectivity index (χ3v) is 4.96. The number of ether oxygens (including phenoxy) is 1. The van der Waals surface area contributed by atoms with E-state index in [0.717, 1.165) is 18.4 Å². The second-order valence-electron chi connectivity index (χ2n) is 6.65. The van der Waals surface area contributed by atoms with Crippen molar-refractivity contribution in [1.29, 1.82) is 0 Å². The van der Waals surface area contributed by atoms with Gasteiger partial charge in [-0.15, -0.1) is 0 Å². The van der Waals surface area contributed by atoms with Crippen LogP contribution in [0.5, 0.6) is 0 Å². The maximum atomic E-state index is 6.29. The van der Waals surface area contributed by atoms with Crippen molar-refractivity contribution in [2.75, 3.05) is 13.7 Å². The molecule has 2 nitrogen and oxygen atoms in total. The quantitative estimate of drug-likeness (QED) is 0.706. The van der Waals surface area contributed by atoms with E-state index in [1.807, 2.05) is 0 Å². The number of likely N-dealkylation sites (N-methyl/N-ethyl adjacent to an activating group) is 1. The average molecular weight is 269 g/mol. The van der Waals surface area contributed by atoms with E-state index in [9.17, 15) is 0 Å². The predicted octanol–water partition coefficient (Wildman–Crippen LogP) is 4.39. The summed E-state index contributed by atoms with van der Waals surface area (Å²) in [5.41, 5.74) is 0.0952. The molecule has 1 aliphatic rings. The van der Waals surface area contributed by atoms with E-state index in [-0.39, 0.29) is 5.60 Å². The molecule has 1 rings (SSSR count). The van der Waals surface area contributed by atoms with Crippen molar-refractivity contribution < 1.29 is 4.74 Å². The molecular weight excluding hydrogens is 234 g/mol. The van der Waals surface area contributed by atoms with Crippen molar-refractivity contribution in [3.8, 4) is 0 Å². The van der Waals surface area contributed by atoms with E-state index in [1.54, 1.807) is 0 Å². The minimum absolute atomic E-state index is 0.0952. The second kappa shape index (κ2) is 8.26. The molecule has 0 amide bonds. The van der Waals surface area contributed by atoms with E-state index in [2.05, 4.69) is 40.1 Å². The zero-order valence-corrected chi connectivity index (χ0v) is 13.8. The van der Waals surface area contributed by atoms with Crippen LogP contribution in [0.4, 0.5) is 0 Å². The Bertz CT molecular complexity index is 233. The lowest BCUT2D eigenvalue weighted by Crippen LogP contribution is -2.54. The predicted molar refractivity (Wildman–Crippen MR) is 83.5 cm³/mol. The van der Waals surface area contributed by atoms with Gasteiger partial charge in [0.25, 0.3) is 0 Å². The van der Waals surface area contributed by atoms with E-state index < -0.39 is 0 Å². The molecule has 19 heavy (non-hydrogen) atoms. The summed E-state index contributed by atoms with van der Waals surface area (Å²) in [6.07, 6.45) is 8.96. The van der Waals surface area contributed by atoms with Gasteiger partial charge in [0, 0.05) is 12.6 Å². The van der Waals surface area contributed by atoms with Crippen molar-refractivity contribution in [3.63, 3.8) is 0 Å². The first-order chi connectivity index (χ1) is 9.07. The van der Waals surface area contributed by atoms with Crippen molar-refractivity contribution >= 4 is 0 Å². The first kappa shape index (κ1) is 17.0. The molecule has 1 N–H and O–H groups in total. The number of hydrogen-bond donors (Lipinski definition) is 1. The number of hydrogen-bond acceptors (Lipinski definition) is 2. The van der Waals surface area contributed by atoms with Gasteiger partial charge in [-0.1, -0.05) is 33.6 Å². The van der Waals surface area contributed by atoms with Crippen LogP contribution in [0.25, 0.3) is 0 Å². The monoisotopic (exact) mass is 269 g/mol. The summed E-state index contributed by atoms with van der Waals surface area (Å²) in [5.74, 6) is 1.67. The van der Waals surface area contributed by atoms with Gasteiger partial charge in [0.15, 0.2) is 0 Å². The summed E-state index contributed by atoms with van der Waals surface area (Å²) < 4.78 is 6.29. The van der Waals surface area contributed by atoms with E-state index in [0.29, 0.717) is 6.04 Å². The molecule has 1 fully saturated rings. The maximum absolute atomic E-state index is 6.29. The van der Waals surface area contributed by atoms with Crippen LogP contribution in [0.1, 0.15) is 72.6 Å². The fourth-order valence-corrected chi connectivity index (χ4v) is 3.74. The normalized spacial score (nSPS) is 31.1. The van der Waals surface area contributed by atoms with E-state index in [1.165, 1.54) is 44.9 Å². The maximum Gasteiger partial charge on any atom is 0.0834 e. The van der Waals surface area contributed by atoms with Crippen molar-refractivity contribution in [3.05, 3.63) is 0 Å². The van der Waals surface area contributed by atoms with E-state index in [4.69, 9.17) is 4.74 Å². The molecule has 2 unspecified atom stereocenters. The molecule has 0 aromatic rings. The Labute approximate surface area is 120 Å². The van der Waals surface area contributed by atoms with Crippen LogP contribution in [0, 0.1) is 11.8 Å². The van der Waals surface area contributed by atoms with Crippen LogP contribution in [-0.4, -0.2) is 25.3 Å². The molecule has 1 saturated carbocycles. The first-order valence-corrected chi connectivity index (χ1v) is 8.39. The van der Waals surface area contributed by atoms with Gasteiger partial charge in [0.1, 0.15) is 0 Å². The lowest BCUT2D eigenvalue weighted by atomic mass is 9.73. The van der Waals surface area contributed by atoms with Gasteiger partial charge in [-0.05, 0) is 57.9 Å². The van der Waals surface area contributed by atoms with Crippen LogP contribution >= 0.6 is 0 Å². The summed E-state index contributed by atoms with van der Waals surface area (Å²) in [6.45, 7) is 10.0. The highest BCUT2D eigenvalue weighted by atomic mass is 16.5. The van der Waals surface area contributed by atoms with Crippen molar-refractivity contribution in [2.45, 2.75) is 84.3 Å². The second-order valence-corrected chi connectivity index (χ2v) is 6.65. The largest absolute Gasteiger partial charge is 0.374 e. The molecule has 0 aromatic heterocycles. The molecule has 0 saturated heterocycles. The van der Waals surface area contributed by atoms with E-state index >= 15 is 0 Å². The lowest BCUT2D eigenvalue weighted by molar-refractivity contribution is -0.0988. The minimum atomic E-state index is 0.0952. The van der Waals surface area contributed by atoms with Crippen LogP contribution in [0.15, 0.2) is 0 Å². The SMILES string of the molecule is CCCC(C)CC(NC)C1(OCC)CCC(C)CC1. The van der Waals surface area contributed by atoms with Crippen LogP contribution in [0.2, 0.25) is 0 Å². The minimum Gasteiger partial charge on any atom is -0.374 e. The number of nitrogens with one attached hydrogen (secondary N) is 1. The highest BCUT2D eigenvalue weighted by Gasteiger charge is 2.41. The zero-order valence-electron chi connectivity index (χ0n) is 13.8. The summed E-state index contributed by atoms with van der Waals surface area (Å²) in [4.78, 5) is 0. The molecule has 2 atom stereocenters. The Morgan fingerprint density at radius 3 is 2.37 bits per heavy atom. The van der Waals surface area contributed by atoms with Gasteiger partial charge in [-0.2, -0.15) is 0 Å². The molecule has 0 bridgehead atoms. The Morgan fingerprint density at radius 2 is 1.89 bits per heavy atom. The lowest BCUT2D eigenvalue weighted by Gasteiger charge is -2.45. The molecule has 0 heterocycles. The van der Waals surface area contributed by atoms with Gasteiger partial charge >= 0.3 is 0 Å². The van der Waals surface area contributed by atoms with Gasteiger partial charge in [0.2, 0.25) is 0 Å². The summed E-state index contributed by atoms with van der Waals surface area (Å²) in [7, 11) is 2.11. The Hall–Kier alpha value is -0.0800. The molecule has 114 valence electrons. The Balaban J connectivity index is 2.70. The highest BCUT2D eigenvalue weighted by molar-refractivity contribution is 4.96. The van der Waals surface area contributed by atoms with Crippen LogP contribution in [0.3, 0.4) is 0 Å². The van der Waals surface area contributed by atoms with Gasteiger partial charge in [-0.3, -0.25) is 0 Å². The van der Waals surface area contributed by atoms with Gasteiger partial charge in [-0.25, -0.2) is 0 Å². The molecule has 0 aliphatic heterocycles. The molecule has 0 aromatic carbocycles. The third kappa shape index (κ3) is 4.75. The average Bonchev–Trinajstić information content (AvgIpc) is 2.39. The Kier molecular flexibility index (Phi) is 7.38. The van der Waals surface area contributed by atoms with Crippen LogP contribution in [-0.2, 0) is 4.74 Å². The number of rotatable bonds is 8. The highest BCUT2D eigenvalue weighted by Crippen LogP contribution is 2.39. The molecule has 0 spiro atoms. The summed E-state index contributed by atoms with van der Waals surface area (Å²) >= 11 is 0. The van der Waals surface area contributed by atoms with Gasteiger partial charge in [0.05, 0.1) is 5.60 Å². The zero-order chi connectivity index (χ0) is 14.3. The van der Waals surface area contributed by atoms with Crippen molar-refractivity contribution in [2.24, 2.45) is 11.8 Å². The standard InChI is InChI=1S/C17H35NO/c1-6-8-15(4)13-16(18-5)17(19-7-2)11-9-14(3)10-12-17/h14-16,18H,6-13H2,1-5H3. The summed E-state index contributed by atoms with van der Waals surface area (Å²) in [5, 5.41) is 3.58. The Morgan fingerprint density at radius 1 is 1.26 bits per heavy atom. The third-order valence-electron chi connectivity index (χ3n) is 4.96. The van der Waals surface area contributed by atoms with Crippen LogP contribution < -0.4 is 5.32 Å². The van der Waals surface area contributed by atoms with Gasteiger partial charge < -0.3 is 10.1 Å². The smallest absolute Gasteiger partial charge is 0.0834 e. The fourth-order valence-electron chi connectivity index (χ4n) is 3.74. The molecular formula is C17H35NO. The molecule has 1 aliphatic carbocycles. The first-order valence-electron chi connectivity index (χ1n) is 8.39. The molecule has 2 heteroatoms. The fraction of sp³-hybridized carbons (Fsp3) is 1.00. The topological polar surface area (TPSA) is 21.3 Å². The van der Waals surface area contributed by atoms with Crippen molar-refractivity contribution in [1.82, 2.24) is 5.32 Å². The summed E-state index contributed by atoms with van der Waals surface area (Å²) in [6, 6.07) is 0.515.